The maximum Gasteiger partial charge on any atom is 0.178 e. The average molecular weight is 363 g/mol. The average Bonchev–Trinajstić information content (AvgIpc) is 2.70. The molecule has 0 aliphatic heterocycles. The highest BCUT2D eigenvalue weighted by Gasteiger charge is 2.08. The molecule has 0 aliphatic carbocycles. The molecule has 1 aromatic carbocycles. The van der Waals surface area contributed by atoms with E-state index in [0.717, 1.165) is 18.5 Å². The molecular formula is C13H16BrFN2O2S. The number of nitrogens with zero attached hydrogens (tertiary/aromatic N) is 1. The first-order valence-electron chi connectivity index (χ1n) is 6.27. The van der Waals surface area contributed by atoms with Crippen LogP contribution in [0.4, 0.5) is 4.39 Å². The molecule has 7 heteroatoms. The van der Waals surface area contributed by atoms with Crippen LogP contribution in [-0.4, -0.2) is 36.5 Å². The number of rotatable bonds is 7. The lowest BCUT2D eigenvalue weighted by Gasteiger charge is -2.06. The SMILES string of the molecule is COCCOCCCn1c(=S)[nH]c2cc(F)c(Br)cc21. The Labute approximate surface area is 130 Å². The zero-order valence-electron chi connectivity index (χ0n) is 11.1. The van der Waals surface area contributed by atoms with Crippen molar-refractivity contribution in [3.8, 4) is 0 Å². The van der Waals surface area contributed by atoms with E-state index in [-0.39, 0.29) is 5.82 Å². The van der Waals surface area contributed by atoms with Gasteiger partial charge in [-0.2, -0.15) is 0 Å². The van der Waals surface area contributed by atoms with Gasteiger partial charge in [0, 0.05) is 26.3 Å². The molecular weight excluding hydrogens is 347 g/mol. The summed E-state index contributed by atoms with van der Waals surface area (Å²) in [4.78, 5) is 3.01. The van der Waals surface area contributed by atoms with Crippen LogP contribution in [0.5, 0.6) is 0 Å². The molecule has 0 atom stereocenters. The predicted octanol–water partition coefficient (Wildman–Crippen LogP) is 3.65. The van der Waals surface area contributed by atoms with E-state index in [1.165, 1.54) is 6.07 Å². The molecule has 2 rings (SSSR count). The van der Waals surface area contributed by atoms with Crippen molar-refractivity contribution in [2.75, 3.05) is 26.9 Å². The molecule has 0 spiro atoms. The monoisotopic (exact) mass is 362 g/mol. The number of fused-ring (bicyclic) bond motifs is 1. The third kappa shape index (κ3) is 3.66. The van der Waals surface area contributed by atoms with Crippen molar-refractivity contribution in [3.05, 3.63) is 27.2 Å². The topological polar surface area (TPSA) is 39.2 Å². The second-order valence-corrected chi connectivity index (χ2v) is 5.57. The van der Waals surface area contributed by atoms with Gasteiger partial charge in [0.05, 0.1) is 28.7 Å². The van der Waals surface area contributed by atoms with Crippen LogP contribution in [0.1, 0.15) is 6.42 Å². The van der Waals surface area contributed by atoms with Crippen LogP contribution < -0.4 is 0 Å². The number of aromatic amines is 1. The van der Waals surface area contributed by atoms with E-state index in [4.69, 9.17) is 21.7 Å². The standard InChI is InChI=1S/C13H16BrFN2O2S/c1-18-5-6-19-4-2-3-17-12-7-9(14)10(15)8-11(12)16-13(17)20/h7-8H,2-6H2,1H3,(H,16,20). The number of hydrogen-bond acceptors (Lipinski definition) is 3. The number of methoxy groups -OCH3 is 1. The van der Waals surface area contributed by atoms with Crippen LogP contribution in [0.3, 0.4) is 0 Å². The van der Waals surface area contributed by atoms with Crippen molar-refractivity contribution in [1.82, 2.24) is 9.55 Å². The van der Waals surface area contributed by atoms with E-state index < -0.39 is 0 Å². The Hall–Kier alpha value is -0.760. The Morgan fingerprint density at radius 3 is 2.90 bits per heavy atom. The number of ether oxygens (including phenoxy) is 2. The zero-order valence-corrected chi connectivity index (χ0v) is 13.5. The van der Waals surface area contributed by atoms with E-state index in [2.05, 4.69) is 20.9 Å². The van der Waals surface area contributed by atoms with Gasteiger partial charge in [-0.25, -0.2) is 4.39 Å². The summed E-state index contributed by atoms with van der Waals surface area (Å²) in [7, 11) is 1.64. The fourth-order valence-electron chi connectivity index (χ4n) is 1.94. The summed E-state index contributed by atoms with van der Waals surface area (Å²) >= 11 is 8.46. The number of halogens is 2. The lowest BCUT2D eigenvalue weighted by Crippen LogP contribution is -2.06. The molecule has 1 aromatic heterocycles. The Morgan fingerprint density at radius 1 is 1.35 bits per heavy atom. The molecule has 110 valence electrons. The molecule has 0 saturated heterocycles. The maximum absolute atomic E-state index is 13.5. The summed E-state index contributed by atoms with van der Waals surface area (Å²) in [6.45, 7) is 2.55. The number of hydrogen-bond donors (Lipinski definition) is 1. The fraction of sp³-hybridized carbons (Fsp3) is 0.462. The van der Waals surface area contributed by atoms with Crippen LogP contribution in [0.25, 0.3) is 11.0 Å². The molecule has 0 radical (unpaired) electrons. The van der Waals surface area contributed by atoms with Crippen molar-refractivity contribution in [1.29, 1.82) is 0 Å². The highest BCUT2D eigenvalue weighted by molar-refractivity contribution is 9.10. The minimum atomic E-state index is -0.302. The van der Waals surface area contributed by atoms with E-state index in [1.54, 1.807) is 13.2 Å². The molecule has 0 aliphatic rings. The molecule has 20 heavy (non-hydrogen) atoms. The third-order valence-electron chi connectivity index (χ3n) is 2.92. The molecule has 0 saturated carbocycles. The van der Waals surface area contributed by atoms with E-state index >= 15 is 0 Å². The minimum Gasteiger partial charge on any atom is -0.382 e. The highest BCUT2D eigenvalue weighted by atomic mass is 79.9. The number of aromatic nitrogens is 2. The lowest BCUT2D eigenvalue weighted by molar-refractivity contribution is 0.0681. The van der Waals surface area contributed by atoms with Gasteiger partial charge in [-0.15, -0.1) is 0 Å². The summed E-state index contributed by atoms with van der Waals surface area (Å²) in [6.07, 6.45) is 0.833. The Bertz CT molecular complexity index is 641. The van der Waals surface area contributed by atoms with Crippen LogP contribution in [0.2, 0.25) is 0 Å². The normalized spacial score (nSPS) is 11.3. The molecule has 0 bridgehead atoms. The summed E-state index contributed by atoms with van der Waals surface area (Å²) < 4.78 is 26.8. The second-order valence-electron chi connectivity index (χ2n) is 4.32. The van der Waals surface area contributed by atoms with E-state index in [0.29, 0.717) is 34.6 Å². The van der Waals surface area contributed by atoms with Crippen molar-refractivity contribution >= 4 is 39.2 Å². The highest BCUT2D eigenvalue weighted by Crippen LogP contribution is 2.23. The number of nitrogens with one attached hydrogen (secondary N) is 1. The van der Waals surface area contributed by atoms with Gasteiger partial charge in [0.1, 0.15) is 5.82 Å². The second kappa shape index (κ2) is 7.31. The molecule has 4 nitrogen and oxygen atoms in total. The molecule has 1 heterocycles. The van der Waals surface area contributed by atoms with Gasteiger partial charge in [-0.3, -0.25) is 0 Å². The van der Waals surface area contributed by atoms with Crippen LogP contribution >= 0.6 is 28.1 Å². The first-order valence-corrected chi connectivity index (χ1v) is 7.48. The smallest absolute Gasteiger partial charge is 0.178 e. The first kappa shape index (κ1) is 15.6. The summed E-state index contributed by atoms with van der Waals surface area (Å²) in [5, 5.41) is 0. The molecule has 0 amide bonds. The van der Waals surface area contributed by atoms with Gasteiger partial charge in [-0.1, -0.05) is 0 Å². The van der Waals surface area contributed by atoms with Gasteiger partial charge in [0.25, 0.3) is 0 Å². The van der Waals surface area contributed by atoms with Crippen LogP contribution in [-0.2, 0) is 16.0 Å². The predicted molar refractivity (Wildman–Crippen MR) is 82.1 cm³/mol. The van der Waals surface area contributed by atoms with Gasteiger partial charge >= 0.3 is 0 Å². The maximum atomic E-state index is 13.5. The van der Waals surface area contributed by atoms with E-state index in [1.807, 2.05) is 4.57 Å². The number of imidazole rings is 1. The molecule has 2 aromatic rings. The quantitative estimate of drug-likeness (QED) is 0.603. The Morgan fingerprint density at radius 2 is 2.15 bits per heavy atom. The Balaban J connectivity index is 2.04. The number of benzene rings is 1. The zero-order chi connectivity index (χ0) is 14.5. The molecule has 1 N–H and O–H groups in total. The van der Waals surface area contributed by atoms with Crippen LogP contribution in [0.15, 0.2) is 16.6 Å². The number of H-pyrrole nitrogens is 1. The summed E-state index contributed by atoms with van der Waals surface area (Å²) in [6, 6.07) is 3.18. The Kier molecular flexibility index (Phi) is 5.71. The lowest BCUT2D eigenvalue weighted by atomic mass is 10.3. The van der Waals surface area contributed by atoms with Gasteiger partial charge < -0.3 is 19.0 Å². The van der Waals surface area contributed by atoms with Gasteiger partial charge in [-0.05, 0) is 40.6 Å². The van der Waals surface area contributed by atoms with Crippen molar-refractivity contribution in [3.63, 3.8) is 0 Å². The molecule has 0 unspecified atom stereocenters. The van der Waals surface area contributed by atoms with Crippen molar-refractivity contribution in [2.45, 2.75) is 13.0 Å². The fourth-order valence-corrected chi connectivity index (χ4v) is 2.57. The molecule has 0 fully saturated rings. The van der Waals surface area contributed by atoms with Gasteiger partial charge in [0.2, 0.25) is 0 Å². The summed E-state index contributed by atoms with van der Waals surface area (Å²) in [5.41, 5.74) is 1.59. The minimum absolute atomic E-state index is 0.302. The van der Waals surface area contributed by atoms with Crippen molar-refractivity contribution < 1.29 is 13.9 Å². The first-order chi connectivity index (χ1) is 9.63. The largest absolute Gasteiger partial charge is 0.382 e. The van der Waals surface area contributed by atoms with Gasteiger partial charge in [0.15, 0.2) is 4.77 Å². The summed E-state index contributed by atoms with van der Waals surface area (Å²) in [5.74, 6) is -0.302. The third-order valence-corrected chi connectivity index (χ3v) is 3.85. The van der Waals surface area contributed by atoms with Crippen molar-refractivity contribution in [2.24, 2.45) is 0 Å². The van der Waals surface area contributed by atoms with E-state index in [9.17, 15) is 4.39 Å². The number of aryl methyl sites for hydroxylation is 1. The van der Waals surface area contributed by atoms with Crippen LogP contribution in [0, 0.1) is 10.6 Å².